The van der Waals surface area contributed by atoms with Crippen LogP contribution in [0.3, 0.4) is 0 Å². The molecule has 3 nitrogen and oxygen atoms in total. The first-order chi connectivity index (χ1) is 8.56. The van der Waals surface area contributed by atoms with Crippen LogP contribution in [0.15, 0.2) is 10.5 Å². The number of rotatable bonds is 2. The van der Waals surface area contributed by atoms with Gasteiger partial charge in [-0.2, -0.15) is 5.26 Å². The second kappa shape index (κ2) is 4.46. The third-order valence-corrected chi connectivity index (χ3v) is 6.40. The van der Waals surface area contributed by atoms with E-state index in [2.05, 4.69) is 22.0 Å². The minimum absolute atomic E-state index is 0.128. The summed E-state index contributed by atoms with van der Waals surface area (Å²) in [5, 5.41) is 20.1. The van der Waals surface area contributed by atoms with Gasteiger partial charge in [0, 0.05) is 9.35 Å². The van der Waals surface area contributed by atoms with Crippen molar-refractivity contribution in [3.8, 4) is 6.07 Å². The molecular formula is C12H11BrClNO2S. The van der Waals surface area contributed by atoms with Gasteiger partial charge < -0.3 is 9.84 Å². The van der Waals surface area contributed by atoms with Crippen LogP contribution in [0.4, 0.5) is 0 Å². The minimum atomic E-state index is -0.827. The van der Waals surface area contributed by atoms with Crippen LogP contribution in [-0.4, -0.2) is 17.3 Å². The SMILES string of the molecule is N#CC1(C(O)c2cc(Br)c(Cl)s2)CC2CCC1O2. The third-order valence-electron chi connectivity index (χ3n) is 3.88. The third kappa shape index (κ3) is 1.75. The van der Waals surface area contributed by atoms with E-state index in [0.29, 0.717) is 10.8 Å². The molecule has 0 amide bonds. The van der Waals surface area contributed by atoms with Crippen molar-refractivity contribution in [3.05, 3.63) is 19.8 Å². The Morgan fingerprint density at radius 3 is 2.89 bits per heavy atom. The molecule has 2 aliphatic heterocycles. The van der Waals surface area contributed by atoms with Gasteiger partial charge in [0.15, 0.2) is 0 Å². The van der Waals surface area contributed by atoms with Crippen molar-refractivity contribution in [1.82, 2.24) is 0 Å². The molecule has 0 aromatic carbocycles. The second-order valence-corrected chi connectivity index (χ2v) is 7.39. The second-order valence-electron chi connectivity index (χ2n) is 4.85. The lowest BCUT2D eigenvalue weighted by atomic mass is 9.71. The van der Waals surface area contributed by atoms with E-state index >= 15 is 0 Å². The van der Waals surface area contributed by atoms with Gasteiger partial charge in [-0.25, -0.2) is 0 Å². The lowest BCUT2D eigenvalue weighted by Crippen LogP contribution is -2.36. The van der Waals surface area contributed by atoms with Gasteiger partial charge in [0.2, 0.25) is 0 Å². The highest BCUT2D eigenvalue weighted by atomic mass is 79.9. The largest absolute Gasteiger partial charge is 0.386 e. The van der Waals surface area contributed by atoms with Crippen LogP contribution in [0.25, 0.3) is 0 Å². The summed E-state index contributed by atoms with van der Waals surface area (Å²) in [7, 11) is 0. The number of aliphatic hydroxyl groups excluding tert-OH is 1. The van der Waals surface area contributed by atoms with Crippen molar-refractivity contribution < 1.29 is 9.84 Å². The summed E-state index contributed by atoms with van der Waals surface area (Å²) in [6.07, 6.45) is 1.62. The standard InChI is InChI=1S/C12H11BrClNO2S/c13-7-3-8(18-11(7)14)10(16)12(5-15)4-6-1-2-9(12)17-6/h3,6,9-10,16H,1-2,4H2. The van der Waals surface area contributed by atoms with E-state index in [0.717, 1.165) is 22.2 Å². The number of halogens is 2. The molecule has 2 aliphatic rings. The lowest BCUT2D eigenvalue weighted by molar-refractivity contribution is 0.00524. The molecular weight excluding hydrogens is 338 g/mol. The van der Waals surface area contributed by atoms with Crippen molar-refractivity contribution in [1.29, 1.82) is 5.26 Å². The molecule has 0 saturated carbocycles. The first-order valence-corrected chi connectivity index (χ1v) is 7.75. The molecule has 4 unspecified atom stereocenters. The van der Waals surface area contributed by atoms with Gasteiger partial charge in [-0.05, 0) is 41.3 Å². The van der Waals surface area contributed by atoms with Crippen LogP contribution < -0.4 is 0 Å². The molecule has 0 spiro atoms. The maximum absolute atomic E-state index is 10.6. The molecule has 1 N–H and O–H groups in total. The van der Waals surface area contributed by atoms with E-state index in [1.165, 1.54) is 11.3 Å². The molecule has 96 valence electrons. The summed E-state index contributed by atoms with van der Waals surface area (Å²) in [4.78, 5) is 0.726. The molecule has 0 radical (unpaired) electrons. The molecule has 3 rings (SSSR count). The summed E-state index contributed by atoms with van der Waals surface area (Å²) in [5.74, 6) is 0. The van der Waals surface area contributed by atoms with E-state index in [-0.39, 0.29) is 12.2 Å². The van der Waals surface area contributed by atoms with Gasteiger partial charge in [0.1, 0.15) is 15.9 Å². The number of hydrogen-bond donors (Lipinski definition) is 1. The molecule has 2 saturated heterocycles. The highest BCUT2D eigenvalue weighted by Crippen LogP contribution is 2.55. The molecule has 2 fully saturated rings. The topological polar surface area (TPSA) is 53.2 Å². The van der Waals surface area contributed by atoms with Gasteiger partial charge in [-0.15, -0.1) is 11.3 Å². The Labute approximate surface area is 122 Å². The zero-order valence-electron chi connectivity index (χ0n) is 9.40. The molecule has 18 heavy (non-hydrogen) atoms. The Balaban J connectivity index is 1.96. The molecule has 3 heterocycles. The predicted molar refractivity (Wildman–Crippen MR) is 72.5 cm³/mol. The molecule has 0 aliphatic carbocycles. The van der Waals surface area contributed by atoms with Crippen LogP contribution in [-0.2, 0) is 4.74 Å². The van der Waals surface area contributed by atoms with Gasteiger partial charge >= 0.3 is 0 Å². The average Bonchev–Trinajstić information content (AvgIpc) is 3.04. The van der Waals surface area contributed by atoms with Crippen molar-refractivity contribution in [2.45, 2.75) is 37.6 Å². The van der Waals surface area contributed by atoms with Gasteiger partial charge in [-0.3, -0.25) is 0 Å². The maximum atomic E-state index is 10.6. The monoisotopic (exact) mass is 347 g/mol. The molecule has 1 aromatic heterocycles. The first-order valence-electron chi connectivity index (χ1n) is 5.76. The van der Waals surface area contributed by atoms with Crippen LogP contribution >= 0.6 is 38.9 Å². The maximum Gasteiger partial charge on any atom is 0.117 e. The molecule has 1 aromatic rings. The summed E-state index contributed by atoms with van der Waals surface area (Å²) in [6, 6.07) is 4.10. The average molecular weight is 349 g/mol. The van der Waals surface area contributed by atoms with Crippen LogP contribution in [0, 0.1) is 16.7 Å². The number of hydrogen-bond acceptors (Lipinski definition) is 4. The minimum Gasteiger partial charge on any atom is -0.386 e. The first kappa shape index (κ1) is 12.9. The summed E-state index contributed by atoms with van der Waals surface area (Å²) in [5.41, 5.74) is -0.809. The van der Waals surface area contributed by atoms with E-state index in [9.17, 15) is 10.4 Å². The van der Waals surface area contributed by atoms with Crippen LogP contribution in [0.2, 0.25) is 4.34 Å². The van der Waals surface area contributed by atoms with Crippen molar-refractivity contribution in [3.63, 3.8) is 0 Å². The summed E-state index contributed by atoms with van der Waals surface area (Å²) in [6.45, 7) is 0. The van der Waals surface area contributed by atoms with E-state index in [1.54, 1.807) is 6.07 Å². The van der Waals surface area contributed by atoms with Crippen molar-refractivity contribution in [2.75, 3.05) is 0 Å². The fourth-order valence-electron chi connectivity index (χ4n) is 2.96. The summed E-state index contributed by atoms with van der Waals surface area (Å²) >= 11 is 10.6. The Morgan fingerprint density at radius 1 is 1.67 bits per heavy atom. The Kier molecular flexibility index (Phi) is 3.20. The van der Waals surface area contributed by atoms with Gasteiger partial charge in [-0.1, -0.05) is 11.6 Å². The zero-order valence-corrected chi connectivity index (χ0v) is 12.6. The number of thiophene rings is 1. The van der Waals surface area contributed by atoms with Crippen molar-refractivity contribution in [2.24, 2.45) is 5.41 Å². The Morgan fingerprint density at radius 2 is 2.44 bits per heavy atom. The fourth-order valence-corrected chi connectivity index (χ4v) is 4.79. The normalized spacial score (nSPS) is 35.7. The number of ether oxygens (including phenoxy) is 1. The lowest BCUT2D eigenvalue weighted by Gasteiger charge is -2.32. The van der Waals surface area contributed by atoms with Crippen LogP contribution in [0.5, 0.6) is 0 Å². The highest BCUT2D eigenvalue weighted by molar-refractivity contribution is 9.10. The summed E-state index contributed by atoms with van der Waals surface area (Å²) < 4.78 is 7.10. The smallest absolute Gasteiger partial charge is 0.117 e. The van der Waals surface area contributed by atoms with E-state index < -0.39 is 11.5 Å². The molecule has 2 bridgehead atoms. The van der Waals surface area contributed by atoms with Crippen molar-refractivity contribution >= 4 is 38.9 Å². The number of fused-ring (bicyclic) bond motifs is 2. The van der Waals surface area contributed by atoms with E-state index in [4.69, 9.17) is 16.3 Å². The highest BCUT2D eigenvalue weighted by Gasteiger charge is 2.57. The quantitative estimate of drug-likeness (QED) is 0.887. The molecule has 6 heteroatoms. The Hall–Kier alpha value is -0.120. The number of aliphatic hydroxyl groups is 1. The van der Waals surface area contributed by atoms with Gasteiger partial charge in [0.05, 0.1) is 18.3 Å². The predicted octanol–water partition coefficient (Wildman–Crippen LogP) is 3.66. The fraction of sp³-hybridized carbons (Fsp3) is 0.583. The number of nitriles is 1. The zero-order chi connectivity index (χ0) is 12.9. The van der Waals surface area contributed by atoms with Gasteiger partial charge in [0.25, 0.3) is 0 Å². The Bertz CT molecular complexity index is 509. The van der Waals surface area contributed by atoms with Crippen LogP contribution in [0.1, 0.15) is 30.2 Å². The number of nitrogens with zero attached hydrogens (tertiary/aromatic N) is 1. The molecule has 4 atom stereocenters. The van der Waals surface area contributed by atoms with E-state index in [1.807, 2.05) is 0 Å².